The zero-order chi connectivity index (χ0) is 20.0. The third-order valence-corrected chi connectivity index (χ3v) is 4.70. The quantitative estimate of drug-likeness (QED) is 0.640. The maximum absolute atomic E-state index is 12.7. The van der Waals surface area contributed by atoms with E-state index in [0.717, 1.165) is 0 Å². The lowest BCUT2D eigenvalue weighted by Gasteiger charge is -2.35. The van der Waals surface area contributed by atoms with Crippen LogP contribution in [0, 0.1) is 0 Å². The molecule has 0 atom stereocenters. The molecule has 146 valence electrons. The van der Waals surface area contributed by atoms with Crippen molar-refractivity contribution in [3.63, 3.8) is 0 Å². The maximum atomic E-state index is 12.7. The van der Waals surface area contributed by atoms with E-state index >= 15 is 0 Å². The van der Waals surface area contributed by atoms with E-state index in [1.807, 2.05) is 20.8 Å². The van der Waals surface area contributed by atoms with Crippen molar-refractivity contribution in [2.24, 2.45) is 0 Å². The first-order valence-electron chi connectivity index (χ1n) is 8.51. The van der Waals surface area contributed by atoms with Crippen molar-refractivity contribution in [3.05, 3.63) is 45.4 Å². The second-order valence-electron chi connectivity index (χ2n) is 6.74. The number of carbonyl (C=O) groups is 2. The highest BCUT2D eigenvalue weighted by molar-refractivity contribution is 7.09. The van der Waals surface area contributed by atoms with E-state index in [1.54, 1.807) is 41.5 Å². The number of hydrogen-bond acceptors (Lipinski definition) is 6. The maximum Gasteiger partial charge on any atom is 0.357 e. The van der Waals surface area contributed by atoms with Gasteiger partial charge in [-0.05, 0) is 52.0 Å². The fraction of sp³-hybridized carbons (Fsp3) is 0.421. The standard InChI is InChI=1S/C19H23ClN2O4S/c1-5-25-18(24)15-12-27-16(21-15)10-22(19(2,3)4)17(23)11-26-14-8-6-13(20)7-9-14/h6-9,12H,5,10-11H2,1-4H3. The predicted molar refractivity (Wildman–Crippen MR) is 105 cm³/mol. The van der Waals surface area contributed by atoms with Gasteiger partial charge in [0.1, 0.15) is 10.8 Å². The zero-order valence-corrected chi connectivity index (χ0v) is 17.4. The summed E-state index contributed by atoms with van der Waals surface area (Å²) in [5.41, 5.74) is -0.175. The van der Waals surface area contributed by atoms with Crippen molar-refractivity contribution in [2.45, 2.75) is 39.8 Å². The Morgan fingerprint density at radius 3 is 2.48 bits per heavy atom. The Labute approximate surface area is 168 Å². The van der Waals surface area contributed by atoms with Crippen molar-refractivity contribution >= 4 is 34.8 Å². The molecule has 0 spiro atoms. The van der Waals surface area contributed by atoms with Crippen molar-refractivity contribution in [2.75, 3.05) is 13.2 Å². The summed E-state index contributed by atoms with van der Waals surface area (Å²) in [7, 11) is 0. The van der Waals surface area contributed by atoms with Gasteiger partial charge >= 0.3 is 5.97 Å². The summed E-state index contributed by atoms with van der Waals surface area (Å²) >= 11 is 7.17. The zero-order valence-electron chi connectivity index (χ0n) is 15.8. The molecule has 0 aliphatic carbocycles. The van der Waals surface area contributed by atoms with Crippen molar-refractivity contribution < 1.29 is 19.1 Å². The van der Waals surface area contributed by atoms with Gasteiger partial charge in [-0.25, -0.2) is 9.78 Å². The van der Waals surface area contributed by atoms with Gasteiger partial charge < -0.3 is 14.4 Å². The number of hydrogen-bond donors (Lipinski definition) is 0. The normalized spacial score (nSPS) is 11.1. The van der Waals surface area contributed by atoms with Crippen LogP contribution >= 0.6 is 22.9 Å². The lowest BCUT2D eigenvalue weighted by molar-refractivity contribution is -0.139. The number of thiazole rings is 1. The number of ether oxygens (including phenoxy) is 2. The number of benzene rings is 1. The predicted octanol–water partition coefficient (Wildman–Crippen LogP) is 4.18. The monoisotopic (exact) mass is 410 g/mol. The first-order chi connectivity index (χ1) is 12.7. The number of nitrogens with zero attached hydrogens (tertiary/aromatic N) is 2. The summed E-state index contributed by atoms with van der Waals surface area (Å²) in [4.78, 5) is 30.5. The summed E-state index contributed by atoms with van der Waals surface area (Å²) < 4.78 is 10.5. The van der Waals surface area contributed by atoms with Gasteiger partial charge in [-0.2, -0.15) is 0 Å². The summed E-state index contributed by atoms with van der Waals surface area (Å²) in [6.07, 6.45) is 0. The molecule has 1 heterocycles. The van der Waals surface area contributed by atoms with Gasteiger partial charge in [0.25, 0.3) is 5.91 Å². The molecular formula is C19H23ClN2O4S. The number of aromatic nitrogens is 1. The van der Waals surface area contributed by atoms with E-state index in [2.05, 4.69) is 4.98 Å². The molecule has 0 aliphatic heterocycles. The molecule has 0 aliphatic rings. The topological polar surface area (TPSA) is 68.7 Å². The van der Waals surface area contributed by atoms with Crippen LogP contribution in [0.25, 0.3) is 0 Å². The second-order valence-corrected chi connectivity index (χ2v) is 8.12. The Morgan fingerprint density at radius 1 is 1.22 bits per heavy atom. The Balaban J connectivity index is 2.05. The summed E-state index contributed by atoms with van der Waals surface area (Å²) in [6.45, 7) is 8.03. The molecule has 0 radical (unpaired) electrons. The molecule has 2 rings (SSSR count). The first-order valence-corrected chi connectivity index (χ1v) is 9.77. The highest BCUT2D eigenvalue weighted by Crippen LogP contribution is 2.21. The Kier molecular flexibility index (Phi) is 7.21. The molecule has 6 nitrogen and oxygen atoms in total. The number of esters is 1. The van der Waals surface area contributed by atoms with Gasteiger partial charge in [0.05, 0.1) is 13.2 Å². The van der Waals surface area contributed by atoms with Crippen LogP contribution in [0.3, 0.4) is 0 Å². The van der Waals surface area contributed by atoms with Gasteiger partial charge in [-0.3, -0.25) is 4.79 Å². The summed E-state index contributed by atoms with van der Waals surface area (Å²) in [5.74, 6) is -0.0644. The fourth-order valence-corrected chi connectivity index (χ4v) is 3.15. The Morgan fingerprint density at radius 2 is 1.89 bits per heavy atom. The molecule has 1 amide bonds. The lowest BCUT2D eigenvalue weighted by atomic mass is 10.1. The third-order valence-electron chi connectivity index (χ3n) is 3.62. The van der Waals surface area contributed by atoms with Crippen LogP contribution < -0.4 is 4.74 Å². The SMILES string of the molecule is CCOC(=O)c1csc(CN(C(=O)COc2ccc(Cl)cc2)C(C)(C)C)n1. The molecule has 0 saturated carbocycles. The third kappa shape index (κ3) is 6.22. The molecule has 0 N–H and O–H groups in total. The number of rotatable bonds is 7. The summed E-state index contributed by atoms with van der Waals surface area (Å²) in [6, 6.07) is 6.83. The minimum absolute atomic E-state index is 0.102. The Bertz CT molecular complexity index is 784. The smallest absolute Gasteiger partial charge is 0.357 e. The van der Waals surface area contributed by atoms with Gasteiger partial charge in [-0.15, -0.1) is 11.3 Å². The lowest BCUT2D eigenvalue weighted by Crippen LogP contribution is -2.47. The molecule has 27 heavy (non-hydrogen) atoms. The van der Waals surface area contributed by atoms with Crippen LogP contribution in [0.1, 0.15) is 43.2 Å². The van der Waals surface area contributed by atoms with Gasteiger partial charge in [0.15, 0.2) is 12.3 Å². The molecular weight excluding hydrogens is 388 g/mol. The highest BCUT2D eigenvalue weighted by Gasteiger charge is 2.28. The first kappa shape index (κ1) is 21.2. The molecule has 0 fully saturated rings. The largest absolute Gasteiger partial charge is 0.484 e. The fourth-order valence-electron chi connectivity index (χ4n) is 2.27. The van der Waals surface area contributed by atoms with Crippen LogP contribution in [0.4, 0.5) is 0 Å². The second kappa shape index (κ2) is 9.19. The van der Waals surface area contributed by atoms with Crippen LogP contribution in [0.2, 0.25) is 5.02 Å². The van der Waals surface area contributed by atoms with E-state index < -0.39 is 11.5 Å². The number of halogens is 1. The molecule has 1 aromatic heterocycles. The Hall–Kier alpha value is -2.12. The van der Waals surface area contributed by atoms with Crippen LogP contribution in [-0.4, -0.2) is 40.5 Å². The van der Waals surface area contributed by atoms with E-state index in [1.165, 1.54) is 11.3 Å². The van der Waals surface area contributed by atoms with Crippen molar-refractivity contribution in [3.8, 4) is 5.75 Å². The molecule has 1 aromatic carbocycles. The molecule has 0 bridgehead atoms. The minimum atomic E-state index is -0.459. The molecule has 0 unspecified atom stereocenters. The molecule has 0 saturated heterocycles. The van der Waals surface area contributed by atoms with Crippen molar-refractivity contribution in [1.82, 2.24) is 9.88 Å². The van der Waals surface area contributed by atoms with Crippen LogP contribution in [-0.2, 0) is 16.1 Å². The van der Waals surface area contributed by atoms with E-state index in [0.29, 0.717) is 22.4 Å². The van der Waals surface area contributed by atoms with Crippen molar-refractivity contribution in [1.29, 1.82) is 0 Å². The molecule has 8 heteroatoms. The van der Waals surface area contributed by atoms with Gasteiger partial charge in [-0.1, -0.05) is 11.6 Å². The number of amides is 1. The van der Waals surface area contributed by atoms with E-state index in [4.69, 9.17) is 21.1 Å². The summed E-state index contributed by atoms with van der Waals surface area (Å²) in [5, 5.41) is 2.90. The molecule has 2 aromatic rings. The van der Waals surface area contributed by atoms with Crippen LogP contribution in [0.5, 0.6) is 5.75 Å². The number of carbonyl (C=O) groups excluding carboxylic acids is 2. The average Bonchev–Trinajstić information content (AvgIpc) is 3.07. The average molecular weight is 411 g/mol. The van der Waals surface area contributed by atoms with E-state index in [9.17, 15) is 9.59 Å². The minimum Gasteiger partial charge on any atom is -0.484 e. The van der Waals surface area contributed by atoms with E-state index in [-0.39, 0.29) is 24.8 Å². The van der Waals surface area contributed by atoms with Gasteiger partial charge in [0, 0.05) is 15.9 Å². The highest BCUT2D eigenvalue weighted by atomic mass is 35.5. The van der Waals surface area contributed by atoms with Crippen LogP contribution in [0.15, 0.2) is 29.6 Å². The van der Waals surface area contributed by atoms with Gasteiger partial charge in [0.2, 0.25) is 0 Å².